The second kappa shape index (κ2) is 5.17. The molecule has 16 heavy (non-hydrogen) atoms. The van der Waals surface area contributed by atoms with E-state index < -0.39 is 0 Å². The first-order valence-corrected chi connectivity index (χ1v) is 6.70. The van der Waals surface area contributed by atoms with Gasteiger partial charge in [0, 0.05) is 13.1 Å². The Hall–Kier alpha value is -0.570. The van der Waals surface area contributed by atoms with Gasteiger partial charge in [0.25, 0.3) is 0 Å². The second-order valence-electron chi connectivity index (χ2n) is 5.70. The van der Waals surface area contributed by atoms with E-state index in [1.807, 2.05) is 0 Å². The Bertz CT molecular complexity index is 240. The van der Waals surface area contributed by atoms with Gasteiger partial charge in [-0.05, 0) is 45.1 Å². The van der Waals surface area contributed by atoms with Gasteiger partial charge >= 0.3 is 0 Å². The highest BCUT2D eigenvalue weighted by molar-refractivity contribution is 5.82. The predicted octanol–water partition coefficient (Wildman–Crippen LogP) is 1.68. The van der Waals surface area contributed by atoms with Gasteiger partial charge in [-0.3, -0.25) is 4.79 Å². The van der Waals surface area contributed by atoms with E-state index in [0.717, 1.165) is 38.4 Å². The first-order valence-electron chi connectivity index (χ1n) is 6.70. The van der Waals surface area contributed by atoms with Gasteiger partial charge in [0.1, 0.15) is 0 Å². The van der Waals surface area contributed by atoms with Gasteiger partial charge in [0.2, 0.25) is 5.91 Å². The summed E-state index contributed by atoms with van der Waals surface area (Å²) in [6.07, 6.45) is 7.44. The summed E-state index contributed by atoms with van der Waals surface area (Å²) in [7, 11) is 0. The Balaban J connectivity index is 1.77. The van der Waals surface area contributed by atoms with Crippen molar-refractivity contribution in [1.29, 1.82) is 0 Å². The average Bonchev–Trinajstić information content (AvgIpc) is 2.79. The van der Waals surface area contributed by atoms with Crippen LogP contribution in [0.25, 0.3) is 0 Å². The molecule has 3 nitrogen and oxygen atoms in total. The van der Waals surface area contributed by atoms with E-state index in [0.29, 0.717) is 0 Å². The highest BCUT2D eigenvalue weighted by Crippen LogP contribution is 2.27. The molecule has 1 atom stereocenters. The Kier molecular flexibility index (Phi) is 3.85. The predicted molar refractivity (Wildman–Crippen MR) is 65.2 cm³/mol. The van der Waals surface area contributed by atoms with Crippen molar-refractivity contribution in [2.45, 2.75) is 45.4 Å². The van der Waals surface area contributed by atoms with E-state index in [-0.39, 0.29) is 11.3 Å². The standard InChI is InChI=1S/C13H24N2O/c1-13(7-4-8-14-10-13)12(16)15-9-11-5-2-3-6-11/h11,14H,2-10H2,1H3,(H,15,16). The summed E-state index contributed by atoms with van der Waals surface area (Å²) in [5.74, 6) is 0.996. The number of hydrogen-bond acceptors (Lipinski definition) is 2. The molecule has 1 amide bonds. The van der Waals surface area contributed by atoms with E-state index in [9.17, 15) is 4.79 Å². The Morgan fingerprint density at radius 3 is 2.75 bits per heavy atom. The quantitative estimate of drug-likeness (QED) is 0.766. The third kappa shape index (κ3) is 2.76. The van der Waals surface area contributed by atoms with E-state index >= 15 is 0 Å². The highest BCUT2D eigenvalue weighted by atomic mass is 16.2. The van der Waals surface area contributed by atoms with Crippen molar-refractivity contribution in [3.63, 3.8) is 0 Å². The molecule has 0 spiro atoms. The number of rotatable bonds is 3. The number of nitrogens with one attached hydrogen (secondary N) is 2. The highest BCUT2D eigenvalue weighted by Gasteiger charge is 2.34. The number of piperidine rings is 1. The summed E-state index contributed by atoms with van der Waals surface area (Å²) in [5.41, 5.74) is -0.170. The molecule has 1 saturated carbocycles. The number of carbonyl (C=O) groups is 1. The van der Waals surface area contributed by atoms with Crippen molar-refractivity contribution in [1.82, 2.24) is 10.6 Å². The van der Waals surface area contributed by atoms with Crippen LogP contribution in [0.4, 0.5) is 0 Å². The molecule has 0 aromatic heterocycles. The van der Waals surface area contributed by atoms with Crippen molar-refractivity contribution < 1.29 is 4.79 Å². The Morgan fingerprint density at radius 2 is 2.12 bits per heavy atom. The van der Waals surface area contributed by atoms with Crippen molar-refractivity contribution in [3.05, 3.63) is 0 Å². The summed E-state index contributed by atoms with van der Waals surface area (Å²) >= 11 is 0. The minimum atomic E-state index is -0.170. The zero-order valence-corrected chi connectivity index (χ0v) is 10.3. The molecule has 0 radical (unpaired) electrons. The van der Waals surface area contributed by atoms with Gasteiger partial charge < -0.3 is 10.6 Å². The van der Waals surface area contributed by atoms with Gasteiger partial charge in [-0.15, -0.1) is 0 Å². The Morgan fingerprint density at radius 1 is 1.38 bits per heavy atom. The molecule has 1 aliphatic heterocycles. The van der Waals surface area contributed by atoms with Gasteiger partial charge in [-0.25, -0.2) is 0 Å². The fourth-order valence-electron chi connectivity index (χ4n) is 2.91. The number of carbonyl (C=O) groups excluding carboxylic acids is 1. The van der Waals surface area contributed by atoms with Crippen molar-refractivity contribution >= 4 is 5.91 Å². The molecular formula is C13H24N2O. The molecule has 2 N–H and O–H groups in total. The van der Waals surface area contributed by atoms with Gasteiger partial charge in [-0.1, -0.05) is 12.8 Å². The third-order valence-electron chi connectivity index (χ3n) is 4.17. The molecular weight excluding hydrogens is 200 g/mol. The van der Waals surface area contributed by atoms with Gasteiger partial charge in [0.05, 0.1) is 5.41 Å². The lowest BCUT2D eigenvalue weighted by molar-refractivity contribution is -0.131. The third-order valence-corrected chi connectivity index (χ3v) is 4.17. The fraction of sp³-hybridized carbons (Fsp3) is 0.923. The van der Waals surface area contributed by atoms with Crippen LogP contribution in [-0.2, 0) is 4.79 Å². The van der Waals surface area contributed by atoms with Gasteiger partial charge in [-0.2, -0.15) is 0 Å². The largest absolute Gasteiger partial charge is 0.355 e. The van der Waals surface area contributed by atoms with Crippen LogP contribution in [-0.4, -0.2) is 25.5 Å². The average molecular weight is 224 g/mol. The molecule has 1 aliphatic carbocycles. The lowest BCUT2D eigenvalue weighted by atomic mass is 9.82. The molecule has 92 valence electrons. The molecule has 0 bridgehead atoms. The molecule has 2 aliphatic rings. The normalized spacial score (nSPS) is 31.6. The van der Waals surface area contributed by atoms with Crippen LogP contribution in [0.1, 0.15) is 45.4 Å². The maximum Gasteiger partial charge on any atom is 0.227 e. The zero-order valence-electron chi connectivity index (χ0n) is 10.3. The molecule has 1 saturated heterocycles. The smallest absolute Gasteiger partial charge is 0.227 e. The van der Waals surface area contributed by atoms with Crippen LogP contribution in [0.3, 0.4) is 0 Å². The second-order valence-corrected chi connectivity index (χ2v) is 5.70. The van der Waals surface area contributed by atoms with Crippen LogP contribution >= 0.6 is 0 Å². The maximum atomic E-state index is 12.1. The molecule has 1 heterocycles. The number of hydrogen-bond donors (Lipinski definition) is 2. The zero-order chi connectivity index (χ0) is 11.4. The lowest BCUT2D eigenvalue weighted by Gasteiger charge is -2.33. The summed E-state index contributed by atoms with van der Waals surface area (Å²) in [6, 6.07) is 0. The van der Waals surface area contributed by atoms with Crippen molar-refractivity contribution in [2.75, 3.05) is 19.6 Å². The molecule has 3 heteroatoms. The van der Waals surface area contributed by atoms with E-state index in [2.05, 4.69) is 17.6 Å². The number of amides is 1. The van der Waals surface area contributed by atoms with Gasteiger partial charge in [0.15, 0.2) is 0 Å². The Labute approximate surface area is 98.4 Å². The first-order chi connectivity index (χ1) is 7.71. The van der Waals surface area contributed by atoms with Crippen LogP contribution in [0.2, 0.25) is 0 Å². The lowest BCUT2D eigenvalue weighted by Crippen LogP contribution is -2.49. The molecule has 1 unspecified atom stereocenters. The van der Waals surface area contributed by atoms with E-state index in [1.54, 1.807) is 0 Å². The minimum Gasteiger partial charge on any atom is -0.355 e. The maximum absolute atomic E-state index is 12.1. The molecule has 0 aromatic carbocycles. The van der Waals surface area contributed by atoms with Crippen LogP contribution in [0, 0.1) is 11.3 Å². The van der Waals surface area contributed by atoms with Crippen LogP contribution in [0.15, 0.2) is 0 Å². The molecule has 0 aromatic rings. The van der Waals surface area contributed by atoms with Crippen molar-refractivity contribution in [3.8, 4) is 0 Å². The van der Waals surface area contributed by atoms with Crippen LogP contribution < -0.4 is 10.6 Å². The topological polar surface area (TPSA) is 41.1 Å². The SMILES string of the molecule is CC1(C(=O)NCC2CCCC2)CCCNC1. The molecule has 2 rings (SSSR count). The van der Waals surface area contributed by atoms with E-state index in [4.69, 9.17) is 0 Å². The first kappa shape index (κ1) is 11.9. The monoisotopic (exact) mass is 224 g/mol. The van der Waals surface area contributed by atoms with Crippen molar-refractivity contribution in [2.24, 2.45) is 11.3 Å². The molecule has 2 fully saturated rings. The summed E-state index contributed by atoms with van der Waals surface area (Å²) in [5, 5.41) is 6.48. The fourth-order valence-corrected chi connectivity index (χ4v) is 2.91. The minimum absolute atomic E-state index is 0.170. The van der Waals surface area contributed by atoms with E-state index in [1.165, 1.54) is 25.7 Å². The summed E-state index contributed by atoms with van der Waals surface area (Å²) in [6.45, 7) is 4.88. The summed E-state index contributed by atoms with van der Waals surface area (Å²) < 4.78 is 0. The van der Waals surface area contributed by atoms with Crippen LogP contribution in [0.5, 0.6) is 0 Å². The summed E-state index contributed by atoms with van der Waals surface area (Å²) in [4.78, 5) is 12.1.